The first-order chi connectivity index (χ1) is 11.1. The number of thioether (sulfide) groups is 1. The number of nitrogens with one attached hydrogen (secondary N) is 2. The van der Waals surface area contributed by atoms with E-state index < -0.39 is 0 Å². The molecule has 24 heavy (non-hydrogen) atoms. The third-order valence-corrected chi connectivity index (χ3v) is 5.22. The summed E-state index contributed by atoms with van der Waals surface area (Å²) in [6.45, 7) is 7.09. The van der Waals surface area contributed by atoms with E-state index in [1.54, 1.807) is 0 Å². The molecule has 1 aliphatic rings. The lowest BCUT2D eigenvalue weighted by Gasteiger charge is -2.17. The topological polar surface area (TPSA) is 75.3 Å². The second-order valence-electron chi connectivity index (χ2n) is 6.18. The molecule has 1 fully saturated rings. The van der Waals surface area contributed by atoms with Crippen molar-refractivity contribution in [3.05, 3.63) is 11.7 Å². The van der Waals surface area contributed by atoms with Crippen molar-refractivity contribution in [1.29, 1.82) is 0 Å². The lowest BCUT2D eigenvalue weighted by Crippen LogP contribution is -2.43. The highest BCUT2D eigenvalue weighted by Crippen LogP contribution is 2.29. The van der Waals surface area contributed by atoms with Crippen molar-refractivity contribution < 1.29 is 4.52 Å². The van der Waals surface area contributed by atoms with Crippen molar-refractivity contribution in [3.8, 4) is 0 Å². The molecule has 1 heterocycles. The molecule has 8 heteroatoms. The number of aliphatic imine (C=N–C) groups is 1. The van der Waals surface area contributed by atoms with Crippen LogP contribution in [0.4, 0.5) is 0 Å². The second kappa shape index (κ2) is 11.2. The van der Waals surface area contributed by atoms with Gasteiger partial charge in [0.1, 0.15) is 0 Å². The fraction of sp³-hybridized carbons (Fsp3) is 0.812. The zero-order chi connectivity index (χ0) is 16.7. The van der Waals surface area contributed by atoms with Crippen molar-refractivity contribution in [1.82, 2.24) is 20.8 Å². The maximum absolute atomic E-state index is 5.25. The van der Waals surface area contributed by atoms with E-state index in [-0.39, 0.29) is 24.0 Å². The first-order valence-electron chi connectivity index (χ1n) is 8.53. The van der Waals surface area contributed by atoms with E-state index in [1.807, 2.05) is 7.05 Å². The Hall–Kier alpha value is -0.510. The highest BCUT2D eigenvalue weighted by molar-refractivity contribution is 14.0. The Morgan fingerprint density at radius 1 is 1.42 bits per heavy atom. The average molecular weight is 467 g/mol. The Morgan fingerprint density at radius 2 is 2.21 bits per heavy atom. The number of halogens is 1. The van der Waals surface area contributed by atoms with Gasteiger partial charge in [-0.3, -0.25) is 4.99 Å². The van der Waals surface area contributed by atoms with Crippen LogP contribution in [0.15, 0.2) is 9.52 Å². The Kier molecular flexibility index (Phi) is 10.0. The number of hydrogen-bond acceptors (Lipinski definition) is 5. The van der Waals surface area contributed by atoms with E-state index in [9.17, 15) is 0 Å². The molecule has 1 aromatic rings. The molecule has 138 valence electrons. The standard InChI is InChI=1S/C16H29N5OS.HI/c1-5-23-13-7-6-12(10-13)19-16(17-4)18-9-8-14-20-15(11(2)3)21-22-14;/h11-13H,5-10H2,1-4H3,(H2,17,18,19);1H. The molecule has 0 aliphatic heterocycles. The summed E-state index contributed by atoms with van der Waals surface area (Å²) >= 11 is 2.07. The van der Waals surface area contributed by atoms with E-state index >= 15 is 0 Å². The average Bonchev–Trinajstić information content (AvgIpc) is 3.16. The van der Waals surface area contributed by atoms with Crippen LogP contribution in [0.1, 0.15) is 57.7 Å². The molecule has 2 N–H and O–H groups in total. The van der Waals surface area contributed by atoms with Gasteiger partial charge in [0.15, 0.2) is 11.8 Å². The number of hydrogen-bond donors (Lipinski definition) is 2. The Bertz CT molecular complexity index is 508. The van der Waals surface area contributed by atoms with E-state index in [0.717, 1.165) is 23.6 Å². The summed E-state index contributed by atoms with van der Waals surface area (Å²) in [6.07, 6.45) is 4.45. The maximum atomic E-state index is 5.25. The van der Waals surface area contributed by atoms with Gasteiger partial charge in [0.05, 0.1) is 0 Å². The monoisotopic (exact) mass is 467 g/mol. The highest BCUT2D eigenvalue weighted by atomic mass is 127. The molecule has 0 bridgehead atoms. The largest absolute Gasteiger partial charge is 0.356 e. The molecule has 6 nitrogen and oxygen atoms in total. The molecule has 1 aromatic heterocycles. The van der Waals surface area contributed by atoms with Crippen LogP contribution in [0.3, 0.4) is 0 Å². The molecule has 0 aromatic carbocycles. The van der Waals surface area contributed by atoms with Gasteiger partial charge in [-0.2, -0.15) is 16.7 Å². The summed E-state index contributed by atoms with van der Waals surface area (Å²) in [5, 5.41) is 11.6. The molecule has 2 atom stereocenters. The minimum absolute atomic E-state index is 0. The van der Waals surface area contributed by atoms with Crippen LogP contribution < -0.4 is 10.6 Å². The summed E-state index contributed by atoms with van der Waals surface area (Å²) in [6, 6.07) is 0.529. The zero-order valence-electron chi connectivity index (χ0n) is 15.0. The predicted molar refractivity (Wildman–Crippen MR) is 112 cm³/mol. The quantitative estimate of drug-likeness (QED) is 0.365. The molecule has 0 spiro atoms. The van der Waals surface area contributed by atoms with Crippen molar-refractivity contribution in [2.45, 2.75) is 63.7 Å². The van der Waals surface area contributed by atoms with Crippen molar-refractivity contribution in [3.63, 3.8) is 0 Å². The Labute approximate surface area is 166 Å². The van der Waals surface area contributed by atoms with Gasteiger partial charge in [0.2, 0.25) is 5.89 Å². The van der Waals surface area contributed by atoms with E-state index in [0.29, 0.717) is 24.3 Å². The summed E-state index contributed by atoms with van der Waals surface area (Å²) < 4.78 is 5.25. The minimum Gasteiger partial charge on any atom is -0.356 e. The van der Waals surface area contributed by atoms with Gasteiger partial charge in [-0.1, -0.05) is 25.9 Å². The van der Waals surface area contributed by atoms with Crippen LogP contribution in [0.2, 0.25) is 0 Å². The summed E-state index contributed by atoms with van der Waals surface area (Å²) in [5.41, 5.74) is 0. The van der Waals surface area contributed by atoms with Crippen LogP contribution in [0, 0.1) is 0 Å². The fourth-order valence-electron chi connectivity index (χ4n) is 2.74. The highest BCUT2D eigenvalue weighted by Gasteiger charge is 2.25. The minimum atomic E-state index is 0. The summed E-state index contributed by atoms with van der Waals surface area (Å²) in [7, 11) is 1.81. The van der Waals surface area contributed by atoms with Crippen LogP contribution in [0.25, 0.3) is 0 Å². The second-order valence-corrected chi connectivity index (χ2v) is 7.76. The number of aromatic nitrogens is 2. The first kappa shape index (κ1) is 21.5. The van der Waals surface area contributed by atoms with Crippen LogP contribution in [0.5, 0.6) is 0 Å². The smallest absolute Gasteiger partial charge is 0.228 e. The third-order valence-electron chi connectivity index (χ3n) is 3.98. The molecular weight excluding hydrogens is 437 g/mol. The number of rotatable bonds is 7. The SMILES string of the molecule is CCSC1CCC(NC(=NC)NCCc2nc(C(C)C)no2)C1.I. The van der Waals surface area contributed by atoms with Crippen molar-refractivity contribution >= 4 is 41.7 Å². The maximum Gasteiger partial charge on any atom is 0.228 e. The summed E-state index contributed by atoms with van der Waals surface area (Å²) in [5.74, 6) is 3.81. The Balaban J connectivity index is 0.00000288. The molecule has 0 saturated heterocycles. The van der Waals surface area contributed by atoms with Crippen LogP contribution >= 0.6 is 35.7 Å². The van der Waals surface area contributed by atoms with Gasteiger partial charge >= 0.3 is 0 Å². The lowest BCUT2D eigenvalue weighted by molar-refractivity contribution is 0.371. The van der Waals surface area contributed by atoms with Gasteiger partial charge < -0.3 is 15.2 Å². The molecule has 1 saturated carbocycles. The van der Waals surface area contributed by atoms with E-state index in [4.69, 9.17) is 4.52 Å². The van der Waals surface area contributed by atoms with Crippen LogP contribution in [-0.4, -0.2) is 46.7 Å². The normalized spacial score (nSPS) is 21.0. The molecule has 2 rings (SSSR count). The number of guanidine groups is 1. The number of nitrogens with zero attached hydrogens (tertiary/aromatic N) is 3. The van der Waals surface area contributed by atoms with Gasteiger partial charge in [0.25, 0.3) is 0 Å². The summed E-state index contributed by atoms with van der Waals surface area (Å²) in [4.78, 5) is 8.69. The molecule has 0 amide bonds. The van der Waals surface area contributed by atoms with Gasteiger partial charge in [-0.25, -0.2) is 0 Å². The molecule has 1 aliphatic carbocycles. The van der Waals surface area contributed by atoms with Gasteiger partial charge in [-0.05, 0) is 25.0 Å². The Morgan fingerprint density at radius 3 is 2.83 bits per heavy atom. The van der Waals surface area contributed by atoms with Crippen LogP contribution in [-0.2, 0) is 6.42 Å². The lowest BCUT2D eigenvalue weighted by atomic mass is 10.2. The van der Waals surface area contributed by atoms with Crippen molar-refractivity contribution in [2.75, 3.05) is 19.3 Å². The van der Waals surface area contributed by atoms with E-state index in [2.05, 4.69) is 58.3 Å². The molecule has 2 unspecified atom stereocenters. The van der Waals surface area contributed by atoms with Crippen molar-refractivity contribution in [2.24, 2.45) is 4.99 Å². The fourth-order valence-corrected chi connectivity index (χ4v) is 3.88. The third kappa shape index (κ3) is 6.78. The molecular formula is C16H30IN5OS. The van der Waals surface area contributed by atoms with Gasteiger partial charge in [-0.15, -0.1) is 24.0 Å². The first-order valence-corrected chi connectivity index (χ1v) is 9.58. The molecule has 0 radical (unpaired) electrons. The zero-order valence-corrected chi connectivity index (χ0v) is 18.2. The van der Waals surface area contributed by atoms with Gasteiger partial charge in [0, 0.05) is 37.2 Å². The predicted octanol–water partition coefficient (Wildman–Crippen LogP) is 3.19. The van der Waals surface area contributed by atoms with E-state index in [1.165, 1.54) is 25.0 Å².